The summed E-state index contributed by atoms with van der Waals surface area (Å²) in [6, 6.07) is -2.36. The van der Waals surface area contributed by atoms with E-state index >= 15 is 0 Å². The minimum atomic E-state index is -1.31. The molecule has 0 aromatic heterocycles. The highest BCUT2D eigenvalue weighted by Gasteiger charge is 2.32. The number of rotatable bonds is 14. The van der Waals surface area contributed by atoms with Gasteiger partial charge in [-0.25, -0.2) is 14.4 Å². The molecule has 0 rings (SSSR count). The Labute approximate surface area is 220 Å². The molecule has 0 aliphatic heterocycles. The molecule has 0 aromatic carbocycles. The van der Waals surface area contributed by atoms with Crippen LogP contribution in [0.1, 0.15) is 87.5 Å². The second-order valence-electron chi connectivity index (χ2n) is 11.0. The Hall–Kier alpha value is -3.17. The van der Waals surface area contributed by atoms with Crippen molar-refractivity contribution in [3.8, 4) is 0 Å². The standard InChI is InChI=1S/C27H44N2O8/c1-17(2)21(30)15-13-11-12-14-19(29-25(34)37-27(8,9)10)22(31)28-20(16-35-23(32)18(3)4)24(33)36-26(5,6)7/h19-20H,1,3,11-16H2,2,4-10H3,(H,28,31)(H,29,34)/t19-,20-/m0/s1. The van der Waals surface area contributed by atoms with Gasteiger partial charge in [0.25, 0.3) is 0 Å². The molecule has 2 N–H and O–H groups in total. The summed E-state index contributed by atoms with van der Waals surface area (Å²) in [5.41, 5.74) is -1.02. The third-order valence-corrected chi connectivity index (χ3v) is 4.62. The summed E-state index contributed by atoms with van der Waals surface area (Å²) in [5.74, 6) is -2.22. The lowest BCUT2D eigenvalue weighted by molar-refractivity contribution is -0.161. The molecule has 0 radical (unpaired) electrons. The molecule has 0 bridgehead atoms. The molecule has 0 heterocycles. The Bertz CT molecular complexity index is 865. The molecule has 0 aliphatic carbocycles. The average molecular weight is 525 g/mol. The van der Waals surface area contributed by atoms with E-state index in [1.807, 2.05) is 0 Å². The van der Waals surface area contributed by atoms with E-state index in [4.69, 9.17) is 14.2 Å². The van der Waals surface area contributed by atoms with Gasteiger partial charge in [0, 0.05) is 12.0 Å². The van der Waals surface area contributed by atoms with E-state index in [0.29, 0.717) is 31.3 Å². The van der Waals surface area contributed by atoms with Crippen LogP contribution in [0.5, 0.6) is 0 Å². The maximum atomic E-state index is 13.2. The van der Waals surface area contributed by atoms with Crippen LogP contribution in [0.15, 0.2) is 24.3 Å². The minimum Gasteiger partial charge on any atom is -0.460 e. The van der Waals surface area contributed by atoms with Gasteiger partial charge in [0.1, 0.15) is 23.9 Å². The van der Waals surface area contributed by atoms with E-state index in [1.165, 1.54) is 6.92 Å². The molecular formula is C27H44N2O8. The monoisotopic (exact) mass is 524 g/mol. The normalized spacial score (nSPS) is 13.0. The molecule has 2 atom stereocenters. The van der Waals surface area contributed by atoms with Crippen molar-refractivity contribution in [3.05, 3.63) is 24.3 Å². The molecule has 0 aromatic rings. The number of carbonyl (C=O) groups excluding carboxylic acids is 5. The SMILES string of the molecule is C=C(C)C(=O)CCCCC[C@H](NC(=O)OC(C)(C)C)C(=O)N[C@@H](COC(=O)C(=C)C)C(=O)OC(C)(C)C. The number of unbranched alkanes of at least 4 members (excludes halogenated alkanes) is 2. The molecule has 0 fully saturated rings. The Morgan fingerprint density at radius 1 is 0.757 bits per heavy atom. The van der Waals surface area contributed by atoms with E-state index in [-0.39, 0.29) is 17.8 Å². The molecule has 0 aliphatic rings. The number of ketones is 1. The van der Waals surface area contributed by atoms with Crippen LogP contribution < -0.4 is 10.6 Å². The first-order valence-electron chi connectivity index (χ1n) is 12.4. The zero-order valence-corrected chi connectivity index (χ0v) is 23.6. The molecule has 0 saturated carbocycles. The van der Waals surface area contributed by atoms with Crippen LogP contribution in [0.25, 0.3) is 0 Å². The second-order valence-corrected chi connectivity index (χ2v) is 11.0. The van der Waals surface area contributed by atoms with Crippen LogP contribution in [-0.4, -0.2) is 59.6 Å². The lowest BCUT2D eigenvalue weighted by Crippen LogP contribution is -2.54. The summed E-state index contributed by atoms with van der Waals surface area (Å²) in [5, 5.41) is 5.06. The number of esters is 2. The van der Waals surface area contributed by atoms with Crippen molar-refractivity contribution < 1.29 is 38.2 Å². The molecular weight excluding hydrogens is 480 g/mol. The second kappa shape index (κ2) is 15.2. The molecule has 10 nitrogen and oxygen atoms in total. The number of hydrogen-bond donors (Lipinski definition) is 2. The van der Waals surface area contributed by atoms with Gasteiger partial charge in [0.15, 0.2) is 11.8 Å². The number of amides is 2. The first-order chi connectivity index (χ1) is 16.8. The van der Waals surface area contributed by atoms with Crippen molar-refractivity contribution in [2.45, 2.75) is 111 Å². The topological polar surface area (TPSA) is 137 Å². The molecule has 0 unspecified atom stereocenters. The van der Waals surface area contributed by atoms with Crippen LogP contribution in [0.3, 0.4) is 0 Å². The summed E-state index contributed by atoms with van der Waals surface area (Å²) < 4.78 is 15.7. The number of nitrogens with one attached hydrogen (secondary N) is 2. The summed E-state index contributed by atoms with van der Waals surface area (Å²) in [6.07, 6.45) is 1.51. The van der Waals surface area contributed by atoms with Crippen LogP contribution >= 0.6 is 0 Å². The van der Waals surface area contributed by atoms with Crippen molar-refractivity contribution in [1.29, 1.82) is 0 Å². The Morgan fingerprint density at radius 2 is 1.32 bits per heavy atom. The first-order valence-corrected chi connectivity index (χ1v) is 12.4. The first kappa shape index (κ1) is 33.8. The van der Waals surface area contributed by atoms with Crippen LogP contribution in [0.4, 0.5) is 4.79 Å². The van der Waals surface area contributed by atoms with Crippen molar-refractivity contribution in [2.75, 3.05) is 6.61 Å². The largest absolute Gasteiger partial charge is 0.460 e. The highest BCUT2D eigenvalue weighted by Crippen LogP contribution is 2.13. The van der Waals surface area contributed by atoms with Gasteiger partial charge in [-0.05, 0) is 73.8 Å². The average Bonchev–Trinajstić information content (AvgIpc) is 2.71. The number of allylic oxidation sites excluding steroid dienone is 1. The van der Waals surface area contributed by atoms with Crippen molar-refractivity contribution in [2.24, 2.45) is 0 Å². The van der Waals surface area contributed by atoms with Crippen LogP contribution in [0, 0.1) is 0 Å². The smallest absolute Gasteiger partial charge is 0.408 e. The fourth-order valence-electron chi connectivity index (χ4n) is 2.84. The highest BCUT2D eigenvalue weighted by atomic mass is 16.6. The predicted molar refractivity (Wildman–Crippen MR) is 140 cm³/mol. The summed E-state index contributed by atoms with van der Waals surface area (Å²) in [4.78, 5) is 61.9. The number of ether oxygens (including phenoxy) is 3. The zero-order valence-electron chi connectivity index (χ0n) is 23.6. The van der Waals surface area contributed by atoms with Gasteiger partial charge in [-0.15, -0.1) is 0 Å². The third kappa shape index (κ3) is 16.2. The maximum Gasteiger partial charge on any atom is 0.408 e. The van der Waals surface area contributed by atoms with Crippen LogP contribution in [-0.2, 0) is 33.4 Å². The lowest BCUT2D eigenvalue weighted by atomic mass is 10.0. The summed E-state index contributed by atoms with van der Waals surface area (Å²) in [6.45, 7) is 19.8. The Morgan fingerprint density at radius 3 is 1.81 bits per heavy atom. The maximum absolute atomic E-state index is 13.2. The number of alkyl carbamates (subject to hydrolysis) is 1. The quantitative estimate of drug-likeness (QED) is 0.151. The van der Waals surface area contributed by atoms with E-state index in [1.54, 1.807) is 48.5 Å². The fraction of sp³-hybridized carbons (Fsp3) is 0.667. The number of carbonyl (C=O) groups is 5. The van der Waals surface area contributed by atoms with Crippen molar-refractivity contribution in [3.63, 3.8) is 0 Å². The fourth-order valence-corrected chi connectivity index (χ4v) is 2.84. The van der Waals surface area contributed by atoms with Gasteiger partial charge in [-0.2, -0.15) is 0 Å². The molecule has 37 heavy (non-hydrogen) atoms. The molecule has 210 valence electrons. The Kier molecular flexibility index (Phi) is 13.9. The van der Waals surface area contributed by atoms with E-state index < -0.39 is 53.8 Å². The molecule has 0 spiro atoms. The molecule has 2 amide bonds. The summed E-state index contributed by atoms with van der Waals surface area (Å²) in [7, 11) is 0. The van der Waals surface area contributed by atoms with Gasteiger partial charge in [0.2, 0.25) is 5.91 Å². The highest BCUT2D eigenvalue weighted by molar-refractivity contribution is 5.94. The summed E-state index contributed by atoms with van der Waals surface area (Å²) >= 11 is 0. The van der Waals surface area contributed by atoms with Crippen LogP contribution in [0.2, 0.25) is 0 Å². The number of hydrogen-bond acceptors (Lipinski definition) is 8. The van der Waals surface area contributed by atoms with Gasteiger partial charge >= 0.3 is 18.0 Å². The van der Waals surface area contributed by atoms with Crippen molar-refractivity contribution in [1.82, 2.24) is 10.6 Å². The zero-order chi connectivity index (χ0) is 29.0. The molecule has 0 saturated heterocycles. The third-order valence-electron chi connectivity index (χ3n) is 4.62. The van der Waals surface area contributed by atoms with Gasteiger partial charge < -0.3 is 24.8 Å². The van der Waals surface area contributed by atoms with Gasteiger partial charge in [0.05, 0.1) is 0 Å². The Balaban J connectivity index is 5.50. The van der Waals surface area contributed by atoms with Gasteiger partial charge in [-0.1, -0.05) is 26.0 Å². The minimum absolute atomic E-state index is 0.0225. The van der Waals surface area contributed by atoms with Crippen molar-refractivity contribution >= 4 is 29.7 Å². The number of Topliss-reactive ketones (excluding diaryl/α,β-unsaturated/α-hetero) is 1. The van der Waals surface area contributed by atoms with E-state index in [9.17, 15) is 24.0 Å². The van der Waals surface area contributed by atoms with E-state index in [2.05, 4.69) is 23.8 Å². The lowest BCUT2D eigenvalue weighted by Gasteiger charge is -2.27. The molecule has 10 heteroatoms. The predicted octanol–water partition coefficient (Wildman–Crippen LogP) is 3.92. The van der Waals surface area contributed by atoms with Gasteiger partial charge in [-0.3, -0.25) is 9.59 Å². The van der Waals surface area contributed by atoms with E-state index in [0.717, 1.165) is 0 Å².